The number of anilines is 2. The summed E-state index contributed by atoms with van der Waals surface area (Å²) in [5, 5.41) is 19.4. The summed E-state index contributed by atoms with van der Waals surface area (Å²) in [4.78, 5) is 42.4. The molecule has 4 fully saturated rings. The van der Waals surface area contributed by atoms with Crippen molar-refractivity contribution in [1.82, 2.24) is 28.6 Å². The zero-order chi connectivity index (χ0) is 43.1. The van der Waals surface area contributed by atoms with Gasteiger partial charge in [-0.25, -0.2) is 27.5 Å². The molecule has 2 aromatic carbocycles. The zero-order valence-corrected chi connectivity index (χ0v) is 34.1. The molecule has 0 spiro atoms. The average Bonchev–Trinajstić information content (AvgIpc) is 4.12. The van der Waals surface area contributed by atoms with Crippen LogP contribution in [0.2, 0.25) is 0 Å². The molecule has 0 radical (unpaired) electrons. The molecule has 2 atom stereocenters. The SMILES string of the molecule is O=C(c1cnc2ccc(N3CCC[C@@H]3c3cc(F)ccc3F)cn12)N1CCC(O)CC1.O=C(c1cnc2ccc(N3CCC[C@H]3c3cc(F)ccc3F)cn12)N1CCC(O)CC1. The van der Waals surface area contributed by atoms with E-state index in [2.05, 4.69) is 19.8 Å². The largest absolute Gasteiger partial charge is 0.393 e. The third-order valence-electron chi connectivity index (χ3n) is 12.7. The first-order valence-corrected chi connectivity index (χ1v) is 21.3. The summed E-state index contributed by atoms with van der Waals surface area (Å²) in [5.74, 6) is -1.97. The second-order valence-electron chi connectivity index (χ2n) is 16.6. The van der Waals surface area contributed by atoms with Gasteiger partial charge in [-0.15, -0.1) is 0 Å². The summed E-state index contributed by atoms with van der Waals surface area (Å²) in [6.45, 7) is 3.49. The Bertz CT molecular complexity index is 2430. The van der Waals surface area contributed by atoms with Gasteiger partial charge in [0.25, 0.3) is 11.8 Å². The summed E-state index contributed by atoms with van der Waals surface area (Å²) in [7, 11) is 0. The number of carbonyl (C=O) groups excluding carboxylic acids is 2. The number of aliphatic hydroxyl groups excluding tert-OH is 2. The van der Waals surface area contributed by atoms with Crippen LogP contribution in [0.25, 0.3) is 11.3 Å². The minimum atomic E-state index is -0.451. The summed E-state index contributed by atoms with van der Waals surface area (Å²) in [6.07, 6.45) is 11.6. The van der Waals surface area contributed by atoms with Crippen LogP contribution < -0.4 is 9.80 Å². The molecular formula is C46H48F4N8O4. The van der Waals surface area contributed by atoms with E-state index >= 15 is 0 Å². The highest BCUT2D eigenvalue weighted by molar-refractivity contribution is 5.94. The molecule has 2 amide bonds. The Morgan fingerprint density at radius 3 is 1.34 bits per heavy atom. The van der Waals surface area contributed by atoms with Gasteiger partial charge in [0.1, 0.15) is 46.0 Å². The lowest BCUT2D eigenvalue weighted by molar-refractivity contribution is 0.0531. The van der Waals surface area contributed by atoms with Crippen molar-refractivity contribution in [3.63, 3.8) is 0 Å². The van der Waals surface area contributed by atoms with Gasteiger partial charge in [-0.2, -0.15) is 0 Å². The number of benzene rings is 2. The lowest BCUT2D eigenvalue weighted by Crippen LogP contribution is -2.40. The molecule has 324 valence electrons. The van der Waals surface area contributed by atoms with Gasteiger partial charge < -0.3 is 29.8 Å². The molecule has 0 bridgehead atoms. The van der Waals surface area contributed by atoms with Crippen LogP contribution in [0.1, 0.15) is 95.6 Å². The molecule has 8 heterocycles. The standard InChI is InChI=1S/2C23H24F2N4O2/c2*24-15-3-5-19(25)18(12-15)20-2-1-9-28(20)16-4-6-22-26-13-21(29(22)14-16)23(31)27-10-7-17(30)8-11-27/h2*3-6,12-14,17,20,30H,1-2,7-11H2/t2*20-/m10/s1. The fourth-order valence-electron chi connectivity index (χ4n) is 9.39. The Hall–Kier alpha value is -6.00. The number of aliphatic hydroxyl groups is 2. The van der Waals surface area contributed by atoms with Crippen molar-refractivity contribution in [2.24, 2.45) is 0 Å². The van der Waals surface area contributed by atoms with E-state index in [4.69, 9.17) is 0 Å². The molecule has 4 saturated heterocycles. The molecular weight excluding hydrogens is 805 g/mol. The second-order valence-corrected chi connectivity index (χ2v) is 16.6. The Balaban J connectivity index is 0.000000158. The molecule has 2 N–H and O–H groups in total. The van der Waals surface area contributed by atoms with Crippen molar-refractivity contribution >= 4 is 34.5 Å². The zero-order valence-electron chi connectivity index (χ0n) is 34.1. The van der Waals surface area contributed by atoms with E-state index in [1.807, 2.05) is 36.7 Å². The van der Waals surface area contributed by atoms with E-state index in [1.165, 1.54) is 24.3 Å². The Morgan fingerprint density at radius 1 is 0.532 bits per heavy atom. The van der Waals surface area contributed by atoms with E-state index in [-0.39, 0.29) is 36.1 Å². The summed E-state index contributed by atoms with van der Waals surface area (Å²) >= 11 is 0. The molecule has 0 aliphatic carbocycles. The van der Waals surface area contributed by atoms with Gasteiger partial charge in [0.05, 0.1) is 48.1 Å². The van der Waals surface area contributed by atoms with Crippen LogP contribution in [0.15, 0.2) is 85.5 Å². The quantitative estimate of drug-likeness (QED) is 0.170. The number of nitrogens with zero attached hydrogens (tertiary/aromatic N) is 8. The number of aromatic nitrogens is 4. The first-order chi connectivity index (χ1) is 30.0. The van der Waals surface area contributed by atoms with E-state index in [9.17, 15) is 37.4 Å². The summed E-state index contributed by atoms with van der Waals surface area (Å²) < 4.78 is 60.0. The molecule has 6 aromatic rings. The van der Waals surface area contributed by atoms with Gasteiger partial charge in [-0.3, -0.25) is 18.4 Å². The smallest absolute Gasteiger partial charge is 0.272 e. The highest BCUT2D eigenvalue weighted by atomic mass is 19.1. The number of hydrogen-bond acceptors (Lipinski definition) is 8. The highest BCUT2D eigenvalue weighted by Crippen LogP contribution is 2.39. The number of halogens is 4. The first-order valence-electron chi connectivity index (χ1n) is 21.3. The van der Waals surface area contributed by atoms with Crippen molar-refractivity contribution in [1.29, 1.82) is 0 Å². The van der Waals surface area contributed by atoms with Gasteiger partial charge in [0, 0.05) is 62.8 Å². The molecule has 16 heteroatoms. The van der Waals surface area contributed by atoms with Crippen LogP contribution in [-0.4, -0.2) is 102 Å². The van der Waals surface area contributed by atoms with Crippen LogP contribution in [0, 0.1) is 23.3 Å². The summed E-state index contributed by atoms with van der Waals surface area (Å²) in [6, 6.07) is 14.1. The topological polar surface area (TPSA) is 122 Å². The number of carbonyl (C=O) groups is 2. The van der Waals surface area contributed by atoms with Crippen molar-refractivity contribution in [3.8, 4) is 0 Å². The number of pyridine rings is 2. The molecule has 62 heavy (non-hydrogen) atoms. The summed E-state index contributed by atoms with van der Waals surface area (Å²) in [5.41, 5.74) is 4.59. The van der Waals surface area contributed by atoms with Crippen LogP contribution in [-0.2, 0) is 0 Å². The maximum Gasteiger partial charge on any atom is 0.272 e. The number of piperidine rings is 2. The van der Waals surface area contributed by atoms with Crippen LogP contribution in [0.4, 0.5) is 28.9 Å². The van der Waals surface area contributed by atoms with Crippen molar-refractivity contribution in [2.45, 2.75) is 75.7 Å². The van der Waals surface area contributed by atoms with Gasteiger partial charge >= 0.3 is 0 Å². The number of rotatable bonds is 6. The Labute approximate surface area is 355 Å². The van der Waals surface area contributed by atoms with Crippen molar-refractivity contribution in [3.05, 3.63) is 131 Å². The fraction of sp³-hybridized carbons (Fsp3) is 0.391. The Morgan fingerprint density at radius 2 is 0.935 bits per heavy atom. The molecule has 4 aromatic heterocycles. The molecule has 0 unspecified atom stereocenters. The lowest BCUT2D eigenvalue weighted by atomic mass is 10.0. The van der Waals surface area contributed by atoms with Gasteiger partial charge in [0.15, 0.2) is 0 Å². The number of likely N-dealkylation sites (tertiary alicyclic amines) is 2. The fourth-order valence-corrected chi connectivity index (χ4v) is 9.39. The Kier molecular flexibility index (Phi) is 11.6. The van der Waals surface area contributed by atoms with E-state index in [0.717, 1.165) is 49.2 Å². The average molecular weight is 853 g/mol. The predicted molar refractivity (Wildman–Crippen MR) is 224 cm³/mol. The number of hydrogen-bond donors (Lipinski definition) is 2. The minimum absolute atomic E-state index is 0.120. The van der Waals surface area contributed by atoms with Gasteiger partial charge in [-0.1, -0.05) is 0 Å². The normalized spacial score (nSPS) is 20.0. The molecule has 10 rings (SSSR count). The first kappa shape index (κ1) is 41.4. The van der Waals surface area contributed by atoms with E-state index in [0.29, 0.717) is 98.8 Å². The van der Waals surface area contributed by atoms with E-state index < -0.39 is 23.3 Å². The number of amides is 2. The minimum Gasteiger partial charge on any atom is -0.393 e. The molecule has 4 aliphatic rings. The van der Waals surface area contributed by atoms with Crippen molar-refractivity contribution in [2.75, 3.05) is 49.1 Å². The van der Waals surface area contributed by atoms with E-state index in [1.54, 1.807) is 31.0 Å². The molecule has 0 saturated carbocycles. The second kappa shape index (κ2) is 17.4. The van der Waals surface area contributed by atoms with Crippen LogP contribution >= 0.6 is 0 Å². The van der Waals surface area contributed by atoms with Crippen LogP contribution in [0.3, 0.4) is 0 Å². The monoisotopic (exact) mass is 852 g/mol. The van der Waals surface area contributed by atoms with Crippen molar-refractivity contribution < 1.29 is 37.4 Å². The number of fused-ring (bicyclic) bond motifs is 2. The highest BCUT2D eigenvalue weighted by Gasteiger charge is 2.32. The maximum absolute atomic E-state index is 14.4. The lowest BCUT2D eigenvalue weighted by Gasteiger charge is -2.29. The molecule has 4 aliphatic heterocycles. The maximum atomic E-state index is 14.4. The van der Waals surface area contributed by atoms with Gasteiger partial charge in [0.2, 0.25) is 0 Å². The predicted octanol–water partition coefficient (Wildman–Crippen LogP) is 7.10. The number of imidazole rings is 2. The van der Waals surface area contributed by atoms with Gasteiger partial charge in [-0.05, 0) is 112 Å². The molecule has 12 nitrogen and oxygen atoms in total. The van der Waals surface area contributed by atoms with Crippen LogP contribution in [0.5, 0.6) is 0 Å². The third-order valence-corrected chi connectivity index (χ3v) is 12.7. The third kappa shape index (κ3) is 8.20.